The van der Waals surface area contributed by atoms with Crippen LogP contribution in [0.3, 0.4) is 0 Å². The first-order valence-corrected chi connectivity index (χ1v) is 6.12. The lowest BCUT2D eigenvalue weighted by atomic mass is 10.3. The standard InChI is InChI=1S/C10H12BrClN4/c11-6-1-4-9(8(12)5-6)15-10(16-13)14-7-2-3-7/h1,4-5,7H,2-3,13H2,(H2,14,15,16). The molecule has 1 aliphatic carbocycles. The molecule has 2 rings (SSSR count). The number of aliphatic imine (C=N–C) groups is 1. The van der Waals surface area contributed by atoms with Crippen molar-refractivity contribution in [3.05, 3.63) is 27.7 Å². The molecule has 1 aromatic carbocycles. The molecule has 4 N–H and O–H groups in total. The van der Waals surface area contributed by atoms with Crippen LogP contribution in [0.2, 0.25) is 5.02 Å². The number of anilines is 1. The van der Waals surface area contributed by atoms with E-state index in [1.807, 2.05) is 18.2 Å². The monoisotopic (exact) mass is 302 g/mol. The fourth-order valence-electron chi connectivity index (χ4n) is 1.21. The van der Waals surface area contributed by atoms with Crippen LogP contribution < -0.4 is 16.6 Å². The smallest absolute Gasteiger partial charge is 0.210 e. The highest BCUT2D eigenvalue weighted by Gasteiger charge is 2.21. The average Bonchev–Trinajstić information content (AvgIpc) is 3.04. The van der Waals surface area contributed by atoms with Crippen molar-refractivity contribution in [1.29, 1.82) is 0 Å². The number of halogens is 2. The minimum atomic E-state index is 0.396. The Bertz CT molecular complexity index is 417. The third-order valence-electron chi connectivity index (χ3n) is 2.18. The Kier molecular flexibility index (Phi) is 3.68. The minimum Gasteiger partial charge on any atom is -0.324 e. The van der Waals surface area contributed by atoms with Crippen LogP contribution in [0.4, 0.5) is 5.69 Å². The third-order valence-corrected chi connectivity index (χ3v) is 2.99. The number of hydrazine groups is 1. The number of guanidine groups is 1. The first-order valence-electron chi connectivity index (χ1n) is 4.95. The molecule has 86 valence electrons. The van der Waals surface area contributed by atoms with Crippen molar-refractivity contribution in [3.8, 4) is 0 Å². The summed E-state index contributed by atoms with van der Waals surface area (Å²) in [4.78, 5) is 4.36. The summed E-state index contributed by atoms with van der Waals surface area (Å²) >= 11 is 9.41. The zero-order valence-electron chi connectivity index (χ0n) is 8.50. The van der Waals surface area contributed by atoms with Gasteiger partial charge in [0.05, 0.1) is 16.8 Å². The zero-order valence-corrected chi connectivity index (χ0v) is 10.8. The van der Waals surface area contributed by atoms with E-state index in [0.717, 1.165) is 23.0 Å². The van der Waals surface area contributed by atoms with Crippen molar-refractivity contribution in [2.24, 2.45) is 10.8 Å². The highest BCUT2D eigenvalue weighted by Crippen LogP contribution is 2.26. The molecular weight excluding hydrogens is 291 g/mol. The summed E-state index contributed by atoms with van der Waals surface area (Å²) in [6.45, 7) is 0. The Hall–Kier alpha value is -0.780. The normalized spacial score (nSPS) is 16.1. The Balaban J connectivity index is 2.12. The van der Waals surface area contributed by atoms with E-state index in [-0.39, 0.29) is 0 Å². The number of hydrogen-bond acceptors (Lipinski definition) is 2. The number of hydrogen-bond donors (Lipinski definition) is 3. The van der Waals surface area contributed by atoms with Gasteiger partial charge < -0.3 is 5.32 Å². The van der Waals surface area contributed by atoms with Gasteiger partial charge in [-0.3, -0.25) is 5.43 Å². The quantitative estimate of drug-likeness (QED) is 0.340. The topological polar surface area (TPSA) is 62.4 Å². The summed E-state index contributed by atoms with van der Waals surface area (Å²) in [5, 5.41) is 3.68. The van der Waals surface area contributed by atoms with Crippen LogP contribution in [0, 0.1) is 0 Å². The fraction of sp³-hybridized carbons (Fsp3) is 0.300. The maximum atomic E-state index is 6.07. The van der Waals surface area contributed by atoms with E-state index in [4.69, 9.17) is 17.4 Å². The van der Waals surface area contributed by atoms with E-state index in [1.54, 1.807) is 0 Å². The van der Waals surface area contributed by atoms with Crippen molar-refractivity contribution in [3.63, 3.8) is 0 Å². The van der Waals surface area contributed by atoms with Crippen LogP contribution in [-0.2, 0) is 0 Å². The SMILES string of the molecule is NNC(=NC1CC1)Nc1ccc(Br)cc1Cl. The molecule has 1 aromatic rings. The van der Waals surface area contributed by atoms with Crippen molar-refractivity contribution in [2.75, 3.05) is 5.32 Å². The van der Waals surface area contributed by atoms with Crippen LogP contribution in [0.25, 0.3) is 0 Å². The van der Waals surface area contributed by atoms with Crippen LogP contribution >= 0.6 is 27.5 Å². The predicted molar refractivity (Wildman–Crippen MR) is 70.6 cm³/mol. The largest absolute Gasteiger partial charge is 0.324 e. The lowest BCUT2D eigenvalue weighted by molar-refractivity contribution is 0.966. The van der Waals surface area contributed by atoms with Crippen LogP contribution in [0.15, 0.2) is 27.7 Å². The second-order valence-corrected chi connectivity index (χ2v) is 4.93. The molecule has 0 spiro atoms. The van der Waals surface area contributed by atoms with Gasteiger partial charge in [0.2, 0.25) is 5.96 Å². The van der Waals surface area contributed by atoms with E-state index in [2.05, 4.69) is 31.7 Å². The van der Waals surface area contributed by atoms with Crippen molar-refractivity contribution < 1.29 is 0 Å². The highest BCUT2D eigenvalue weighted by atomic mass is 79.9. The summed E-state index contributed by atoms with van der Waals surface area (Å²) < 4.78 is 0.935. The molecule has 6 heteroatoms. The van der Waals surface area contributed by atoms with E-state index in [9.17, 15) is 0 Å². The molecule has 4 nitrogen and oxygen atoms in total. The van der Waals surface area contributed by atoms with Gasteiger partial charge >= 0.3 is 0 Å². The lowest BCUT2D eigenvalue weighted by Gasteiger charge is -2.10. The fourth-order valence-corrected chi connectivity index (χ4v) is 1.93. The molecule has 0 bridgehead atoms. The lowest BCUT2D eigenvalue weighted by Crippen LogP contribution is -2.36. The molecule has 0 heterocycles. The van der Waals surface area contributed by atoms with Gasteiger partial charge in [0, 0.05) is 4.47 Å². The summed E-state index contributed by atoms with van der Waals surface area (Å²) in [6, 6.07) is 5.98. The van der Waals surface area contributed by atoms with Gasteiger partial charge in [-0.1, -0.05) is 27.5 Å². The molecule has 1 aliphatic rings. The van der Waals surface area contributed by atoms with Gasteiger partial charge in [-0.05, 0) is 31.0 Å². The van der Waals surface area contributed by atoms with Gasteiger partial charge in [-0.15, -0.1) is 0 Å². The van der Waals surface area contributed by atoms with Crippen LogP contribution in [0.1, 0.15) is 12.8 Å². The molecule has 0 atom stereocenters. The molecule has 0 saturated heterocycles. The molecule has 1 saturated carbocycles. The average molecular weight is 304 g/mol. The molecule has 0 aliphatic heterocycles. The van der Waals surface area contributed by atoms with Crippen LogP contribution in [-0.4, -0.2) is 12.0 Å². The van der Waals surface area contributed by atoms with E-state index in [1.165, 1.54) is 0 Å². The van der Waals surface area contributed by atoms with Gasteiger partial charge in [0.1, 0.15) is 0 Å². The molecular formula is C10H12BrClN4. The summed E-state index contributed by atoms with van der Waals surface area (Å²) in [6.07, 6.45) is 2.25. The maximum absolute atomic E-state index is 6.07. The molecule has 16 heavy (non-hydrogen) atoms. The predicted octanol–water partition coefficient (Wildman–Crippen LogP) is 2.50. The second-order valence-electron chi connectivity index (χ2n) is 3.60. The highest BCUT2D eigenvalue weighted by molar-refractivity contribution is 9.10. The van der Waals surface area contributed by atoms with E-state index >= 15 is 0 Å². The molecule has 0 aromatic heterocycles. The van der Waals surface area contributed by atoms with Crippen LogP contribution in [0.5, 0.6) is 0 Å². The second kappa shape index (κ2) is 5.03. The van der Waals surface area contributed by atoms with E-state index < -0.39 is 0 Å². The van der Waals surface area contributed by atoms with Gasteiger partial charge in [-0.2, -0.15) is 0 Å². The molecule has 1 fully saturated rings. The Morgan fingerprint density at radius 1 is 1.50 bits per heavy atom. The number of rotatable bonds is 2. The number of nitrogens with two attached hydrogens (primary N) is 1. The Morgan fingerprint density at radius 2 is 2.25 bits per heavy atom. The van der Waals surface area contributed by atoms with E-state index in [0.29, 0.717) is 17.0 Å². The molecule has 0 amide bonds. The molecule has 0 unspecified atom stereocenters. The first kappa shape index (κ1) is 11.7. The Labute approximate surface area is 107 Å². The number of nitrogens with zero attached hydrogens (tertiary/aromatic N) is 1. The Morgan fingerprint density at radius 3 is 2.81 bits per heavy atom. The third kappa shape index (κ3) is 3.10. The van der Waals surface area contributed by atoms with Gasteiger partial charge in [0.15, 0.2) is 0 Å². The van der Waals surface area contributed by atoms with Crippen molar-refractivity contribution in [2.45, 2.75) is 18.9 Å². The van der Waals surface area contributed by atoms with Gasteiger partial charge in [0.25, 0.3) is 0 Å². The van der Waals surface area contributed by atoms with Crippen molar-refractivity contribution >= 4 is 39.2 Å². The maximum Gasteiger partial charge on any atom is 0.210 e. The number of benzene rings is 1. The summed E-state index contributed by atoms with van der Waals surface area (Å²) in [7, 11) is 0. The minimum absolute atomic E-state index is 0.396. The zero-order chi connectivity index (χ0) is 11.5. The van der Waals surface area contributed by atoms with Gasteiger partial charge in [-0.25, -0.2) is 10.8 Å². The molecule has 0 radical (unpaired) electrons. The summed E-state index contributed by atoms with van der Waals surface area (Å²) in [5.74, 6) is 5.93. The number of nitrogens with one attached hydrogen (secondary N) is 2. The van der Waals surface area contributed by atoms with Crippen molar-refractivity contribution in [1.82, 2.24) is 5.43 Å². The summed E-state index contributed by atoms with van der Waals surface area (Å²) in [5.41, 5.74) is 3.31. The first-order chi connectivity index (χ1) is 7.69.